The van der Waals surface area contributed by atoms with Crippen molar-refractivity contribution in [1.29, 1.82) is 0 Å². The highest BCUT2D eigenvalue weighted by atomic mass is 79.9. The summed E-state index contributed by atoms with van der Waals surface area (Å²) >= 11 is 3.34. The number of ether oxygens (including phenoxy) is 1. The number of rotatable bonds is 5. The van der Waals surface area contributed by atoms with Gasteiger partial charge in [0.1, 0.15) is 11.5 Å². The van der Waals surface area contributed by atoms with Gasteiger partial charge in [-0.3, -0.25) is 10.1 Å². The van der Waals surface area contributed by atoms with Crippen LogP contribution in [0.4, 0.5) is 10.1 Å². The molecule has 0 aliphatic heterocycles. The number of carbonyl (C=O) groups is 1. The number of methoxy groups -OCH3 is 1. The van der Waals surface area contributed by atoms with Crippen molar-refractivity contribution in [2.24, 2.45) is 0 Å². The largest absolute Gasteiger partial charge is 0.464 e. The Labute approximate surface area is 168 Å². The standard InChI is InChI=1S/C20H16BrFN2O4/c1-12(17-10-15(21)5-8-18(17)24(26)27)23-11-14(9-19(23)20(25)28-2)13-3-6-16(22)7-4-13/h3-12H,1-2H3. The Morgan fingerprint density at radius 2 is 1.86 bits per heavy atom. The van der Waals surface area contributed by atoms with Crippen LogP contribution in [-0.4, -0.2) is 22.6 Å². The van der Waals surface area contributed by atoms with Gasteiger partial charge in [0, 0.05) is 22.3 Å². The summed E-state index contributed by atoms with van der Waals surface area (Å²) in [5.74, 6) is -0.938. The van der Waals surface area contributed by atoms with Gasteiger partial charge in [-0.2, -0.15) is 0 Å². The molecule has 2 aromatic carbocycles. The predicted octanol–water partition coefficient (Wildman–Crippen LogP) is 5.36. The fraction of sp³-hybridized carbons (Fsp3) is 0.150. The van der Waals surface area contributed by atoms with E-state index in [2.05, 4.69) is 15.9 Å². The van der Waals surface area contributed by atoms with Gasteiger partial charge in [0.25, 0.3) is 5.69 Å². The molecule has 144 valence electrons. The molecule has 6 nitrogen and oxygen atoms in total. The van der Waals surface area contributed by atoms with Crippen molar-refractivity contribution in [3.63, 3.8) is 0 Å². The quantitative estimate of drug-likeness (QED) is 0.300. The maximum atomic E-state index is 13.2. The number of halogens is 2. The number of hydrogen-bond donors (Lipinski definition) is 0. The Kier molecular flexibility index (Phi) is 5.60. The molecule has 0 N–H and O–H groups in total. The minimum absolute atomic E-state index is 0.0523. The molecule has 1 aromatic heterocycles. The molecule has 0 aliphatic carbocycles. The summed E-state index contributed by atoms with van der Waals surface area (Å²) in [4.78, 5) is 23.3. The molecule has 1 atom stereocenters. The van der Waals surface area contributed by atoms with Crippen molar-refractivity contribution in [1.82, 2.24) is 4.57 Å². The highest BCUT2D eigenvalue weighted by Crippen LogP contribution is 2.34. The first-order chi connectivity index (χ1) is 13.3. The molecule has 3 rings (SSSR count). The van der Waals surface area contributed by atoms with Gasteiger partial charge < -0.3 is 9.30 Å². The lowest BCUT2D eigenvalue weighted by atomic mass is 10.1. The van der Waals surface area contributed by atoms with Gasteiger partial charge in [0.2, 0.25) is 0 Å². The van der Waals surface area contributed by atoms with Gasteiger partial charge in [0.05, 0.1) is 23.6 Å². The van der Waals surface area contributed by atoms with E-state index in [4.69, 9.17) is 4.74 Å². The van der Waals surface area contributed by atoms with Gasteiger partial charge in [0.15, 0.2) is 0 Å². The first kappa shape index (κ1) is 19.8. The van der Waals surface area contributed by atoms with E-state index in [9.17, 15) is 19.3 Å². The normalized spacial score (nSPS) is 11.9. The number of aromatic nitrogens is 1. The minimum atomic E-state index is -0.571. The molecular weight excluding hydrogens is 431 g/mol. The van der Waals surface area contributed by atoms with Gasteiger partial charge in [-0.15, -0.1) is 0 Å². The summed E-state index contributed by atoms with van der Waals surface area (Å²) in [6.45, 7) is 1.76. The fourth-order valence-corrected chi connectivity index (χ4v) is 3.42. The summed E-state index contributed by atoms with van der Waals surface area (Å²) in [5, 5.41) is 11.5. The number of hydrogen-bond acceptors (Lipinski definition) is 4. The molecule has 1 heterocycles. The number of nitro benzene ring substituents is 1. The number of esters is 1. The summed E-state index contributed by atoms with van der Waals surface area (Å²) < 4.78 is 20.4. The molecule has 3 aromatic rings. The van der Waals surface area contributed by atoms with Crippen LogP contribution in [0.2, 0.25) is 0 Å². The van der Waals surface area contributed by atoms with Crippen molar-refractivity contribution in [3.8, 4) is 11.1 Å². The van der Waals surface area contributed by atoms with Crippen LogP contribution in [0.15, 0.2) is 59.2 Å². The van der Waals surface area contributed by atoms with E-state index < -0.39 is 16.9 Å². The van der Waals surface area contributed by atoms with Gasteiger partial charge >= 0.3 is 5.97 Å². The average Bonchev–Trinajstić information content (AvgIpc) is 3.12. The van der Waals surface area contributed by atoms with E-state index in [-0.39, 0.29) is 17.2 Å². The summed E-state index contributed by atoms with van der Waals surface area (Å²) in [6.07, 6.45) is 1.70. The number of nitro groups is 1. The first-order valence-electron chi connectivity index (χ1n) is 8.31. The Balaban J connectivity index is 2.15. The zero-order valence-corrected chi connectivity index (χ0v) is 16.6. The van der Waals surface area contributed by atoms with Crippen LogP contribution < -0.4 is 0 Å². The molecule has 0 saturated heterocycles. The van der Waals surface area contributed by atoms with E-state index in [0.717, 1.165) is 0 Å². The van der Waals surface area contributed by atoms with Crippen molar-refractivity contribution in [3.05, 3.63) is 86.4 Å². The van der Waals surface area contributed by atoms with Crippen molar-refractivity contribution in [2.75, 3.05) is 7.11 Å². The van der Waals surface area contributed by atoms with Gasteiger partial charge in [-0.1, -0.05) is 28.1 Å². The molecule has 0 spiro atoms. The monoisotopic (exact) mass is 446 g/mol. The molecule has 0 amide bonds. The van der Waals surface area contributed by atoms with E-state index in [0.29, 0.717) is 21.2 Å². The highest BCUT2D eigenvalue weighted by Gasteiger charge is 2.25. The molecule has 28 heavy (non-hydrogen) atoms. The SMILES string of the molecule is COC(=O)c1cc(-c2ccc(F)cc2)cn1C(C)c1cc(Br)ccc1[N+](=O)[O-]. The summed E-state index contributed by atoms with van der Waals surface area (Å²) in [7, 11) is 1.27. The fourth-order valence-electron chi connectivity index (χ4n) is 3.04. The smallest absolute Gasteiger partial charge is 0.354 e. The minimum Gasteiger partial charge on any atom is -0.464 e. The van der Waals surface area contributed by atoms with Crippen LogP contribution in [-0.2, 0) is 4.74 Å². The first-order valence-corrected chi connectivity index (χ1v) is 9.11. The Morgan fingerprint density at radius 1 is 1.18 bits per heavy atom. The zero-order chi connectivity index (χ0) is 20.4. The third-order valence-electron chi connectivity index (χ3n) is 4.47. The van der Waals surface area contributed by atoms with E-state index in [1.54, 1.807) is 48.0 Å². The summed E-state index contributed by atoms with van der Waals surface area (Å²) in [5.41, 5.74) is 2.00. The highest BCUT2D eigenvalue weighted by molar-refractivity contribution is 9.10. The van der Waals surface area contributed by atoms with E-state index >= 15 is 0 Å². The van der Waals surface area contributed by atoms with Crippen molar-refractivity contribution < 1.29 is 18.8 Å². The van der Waals surface area contributed by atoms with Crippen LogP contribution in [0.25, 0.3) is 11.1 Å². The van der Waals surface area contributed by atoms with E-state index in [1.807, 2.05) is 0 Å². The topological polar surface area (TPSA) is 74.4 Å². The van der Waals surface area contributed by atoms with Gasteiger partial charge in [-0.05, 0) is 42.8 Å². The van der Waals surface area contributed by atoms with Gasteiger partial charge in [-0.25, -0.2) is 9.18 Å². The van der Waals surface area contributed by atoms with Crippen LogP contribution in [0.3, 0.4) is 0 Å². The third-order valence-corrected chi connectivity index (χ3v) is 4.97. The summed E-state index contributed by atoms with van der Waals surface area (Å²) in [6, 6.07) is 11.6. The molecule has 0 aliphatic rings. The van der Waals surface area contributed by atoms with E-state index in [1.165, 1.54) is 25.3 Å². The molecule has 8 heteroatoms. The predicted molar refractivity (Wildman–Crippen MR) is 106 cm³/mol. The second-order valence-corrected chi connectivity index (χ2v) is 7.07. The third kappa shape index (κ3) is 3.82. The van der Waals surface area contributed by atoms with Crippen molar-refractivity contribution in [2.45, 2.75) is 13.0 Å². The number of benzene rings is 2. The Bertz CT molecular complexity index is 1050. The lowest BCUT2D eigenvalue weighted by Gasteiger charge is -2.17. The molecule has 0 fully saturated rings. The molecule has 1 unspecified atom stereocenters. The van der Waals surface area contributed by atoms with Crippen LogP contribution >= 0.6 is 15.9 Å². The lowest BCUT2D eigenvalue weighted by molar-refractivity contribution is -0.385. The van der Waals surface area contributed by atoms with Crippen molar-refractivity contribution >= 4 is 27.6 Å². The molecule has 0 radical (unpaired) electrons. The lowest BCUT2D eigenvalue weighted by Crippen LogP contribution is -2.15. The Morgan fingerprint density at radius 3 is 2.46 bits per heavy atom. The van der Waals surface area contributed by atoms with Crippen LogP contribution in [0.1, 0.15) is 29.0 Å². The molecule has 0 bridgehead atoms. The average molecular weight is 447 g/mol. The van der Waals surface area contributed by atoms with Crippen LogP contribution in [0.5, 0.6) is 0 Å². The maximum Gasteiger partial charge on any atom is 0.354 e. The molecule has 0 saturated carbocycles. The van der Waals surface area contributed by atoms with Crippen LogP contribution in [0, 0.1) is 15.9 Å². The second-order valence-electron chi connectivity index (χ2n) is 6.16. The second kappa shape index (κ2) is 7.93. The number of carbonyl (C=O) groups excluding carboxylic acids is 1. The molecular formula is C20H16BrFN2O4. The maximum absolute atomic E-state index is 13.2. The Hall–Kier alpha value is -3.00. The number of nitrogens with zero attached hydrogens (tertiary/aromatic N) is 2. The zero-order valence-electron chi connectivity index (χ0n) is 15.1.